The maximum Gasteiger partial charge on any atom is 0.137 e. The van der Waals surface area contributed by atoms with Crippen LogP contribution in [0.2, 0.25) is 0 Å². The highest BCUT2D eigenvalue weighted by atomic mass is 32.1. The van der Waals surface area contributed by atoms with Gasteiger partial charge in [0, 0.05) is 10.8 Å². The summed E-state index contributed by atoms with van der Waals surface area (Å²) < 4.78 is 16.0. The third-order valence-corrected chi connectivity index (χ3v) is 10.9. The number of thiophene rings is 2. The minimum absolute atomic E-state index is 0.645. The van der Waals surface area contributed by atoms with Crippen molar-refractivity contribution in [3.63, 3.8) is 0 Å². The number of ether oxygens (including phenoxy) is 2. The van der Waals surface area contributed by atoms with Crippen molar-refractivity contribution in [2.75, 3.05) is 13.2 Å². The van der Waals surface area contributed by atoms with E-state index in [0.29, 0.717) is 11.8 Å². The molecule has 4 heteroatoms. The molecule has 4 aromatic rings. The zero-order chi connectivity index (χ0) is 29.6. The molecule has 4 rings (SSSR count). The summed E-state index contributed by atoms with van der Waals surface area (Å²) in [6.07, 6.45) is 20.9. The Morgan fingerprint density at radius 2 is 0.905 bits per heavy atom. The molecule has 0 N–H and O–H groups in total. The van der Waals surface area contributed by atoms with Gasteiger partial charge in [0.05, 0.1) is 22.6 Å². The van der Waals surface area contributed by atoms with Gasteiger partial charge in [-0.05, 0) is 83.3 Å². The van der Waals surface area contributed by atoms with Crippen LogP contribution in [0.3, 0.4) is 0 Å². The molecule has 2 aromatic carbocycles. The molecular formula is C38H56O2S2. The van der Waals surface area contributed by atoms with Crippen molar-refractivity contribution >= 4 is 53.6 Å². The molecule has 0 saturated heterocycles. The van der Waals surface area contributed by atoms with Crippen LogP contribution in [0.5, 0.6) is 11.5 Å². The van der Waals surface area contributed by atoms with Crippen LogP contribution in [-0.4, -0.2) is 13.2 Å². The van der Waals surface area contributed by atoms with E-state index >= 15 is 0 Å². The van der Waals surface area contributed by atoms with Crippen LogP contribution in [0.1, 0.15) is 130 Å². The Morgan fingerprint density at radius 3 is 1.31 bits per heavy atom. The van der Waals surface area contributed by atoms with Crippen LogP contribution in [-0.2, 0) is 0 Å². The molecule has 2 aromatic heterocycles. The van der Waals surface area contributed by atoms with Crippen LogP contribution in [0.4, 0.5) is 0 Å². The van der Waals surface area contributed by atoms with Crippen molar-refractivity contribution in [2.45, 2.75) is 130 Å². The highest BCUT2D eigenvalue weighted by molar-refractivity contribution is 7.18. The molecule has 232 valence electrons. The maximum atomic E-state index is 6.71. The van der Waals surface area contributed by atoms with Crippen molar-refractivity contribution in [1.29, 1.82) is 0 Å². The summed E-state index contributed by atoms with van der Waals surface area (Å²) in [7, 11) is 0. The van der Waals surface area contributed by atoms with Gasteiger partial charge < -0.3 is 9.47 Å². The van der Waals surface area contributed by atoms with Crippen LogP contribution in [0.15, 0.2) is 35.0 Å². The van der Waals surface area contributed by atoms with Gasteiger partial charge in [-0.2, -0.15) is 0 Å². The third-order valence-electron chi connectivity index (χ3n) is 9.01. The van der Waals surface area contributed by atoms with E-state index in [1.54, 1.807) is 0 Å². The average molecular weight is 609 g/mol. The molecule has 2 unspecified atom stereocenters. The molecule has 2 heterocycles. The Labute approximate surface area is 264 Å². The second-order valence-electron chi connectivity index (χ2n) is 12.5. The summed E-state index contributed by atoms with van der Waals surface area (Å²) in [5, 5.41) is 9.67. The van der Waals surface area contributed by atoms with Crippen LogP contribution < -0.4 is 9.47 Å². The largest absolute Gasteiger partial charge is 0.492 e. The fourth-order valence-electron chi connectivity index (χ4n) is 6.38. The van der Waals surface area contributed by atoms with Gasteiger partial charge in [0.25, 0.3) is 0 Å². The SMILES string of the molecule is CCCCCCC(CCCC)COc1cc2c3ccsc3c(OCC(CCCC)CCCCCC)cc2c2ccsc12. The molecule has 0 bridgehead atoms. The van der Waals surface area contributed by atoms with Gasteiger partial charge >= 0.3 is 0 Å². The molecule has 0 saturated carbocycles. The molecule has 0 radical (unpaired) electrons. The minimum Gasteiger partial charge on any atom is -0.492 e. The number of benzene rings is 2. The zero-order valence-corrected chi connectivity index (χ0v) is 28.6. The second kappa shape index (κ2) is 18.1. The summed E-state index contributed by atoms with van der Waals surface area (Å²) in [6, 6.07) is 9.24. The van der Waals surface area contributed by atoms with E-state index < -0.39 is 0 Å². The Kier molecular flexibility index (Phi) is 14.3. The lowest BCUT2D eigenvalue weighted by atomic mass is 9.96. The molecule has 0 aliphatic rings. The lowest BCUT2D eigenvalue weighted by molar-refractivity contribution is 0.227. The normalized spacial score (nSPS) is 13.3. The second-order valence-corrected chi connectivity index (χ2v) is 14.3. The fourth-order valence-corrected chi connectivity index (χ4v) is 8.13. The lowest BCUT2D eigenvalue weighted by Crippen LogP contribution is -2.13. The summed E-state index contributed by atoms with van der Waals surface area (Å²) >= 11 is 3.63. The molecule has 0 fully saturated rings. The molecule has 0 amide bonds. The first-order valence-electron chi connectivity index (χ1n) is 17.3. The van der Waals surface area contributed by atoms with Crippen molar-refractivity contribution < 1.29 is 9.47 Å². The first kappa shape index (κ1) is 33.1. The summed E-state index contributed by atoms with van der Waals surface area (Å²) in [6.45, 7) is 10.9. The van der Waals surface area contributed by atoms with Gasteiger partial charge in [0.2, 0.25) is 0 Å². The predicted octanol–water partition coefficient (Wildman–Crippen LogP) is 13.6. The van der Waals surface area contributed by atoms with E-state index in [4.69, 9.17) is 9.47 Å². The Balaban J connectivity index is 1.56. The van der Waals surface area contributed by atoms with E-state index in [9.17, 15) is 0 Å². The number of hydrogen-bond donors (Lipinski definition) is 0. The number of unbranched alkanes of at least 4 members (excludes halogenated alkanes) is 8. The van der Waals surface area contributed by atoms with E-state index in [-0.39, 0.29) is 0 Å². The van der Waals surface area contributed by atoms with E-state index in [2.05, 4.69) is 62.7 Å². The van der Waals surface area contributed by atoms with E-state index in [1.807, 2.05) is 22.7 Å². The van der Waals surface area contributed by atoms with Crippen molar-refractivity contribution in [1.82, 2.24) is 0 Å². The Morgan fingerprint density at radius 1 is 0.500 bits per heavy atom. The highest BCUT2D eigenvalue weighted by Gasteiger charge is 2.18. The van der Waals surface area contributed by atoms with E-state index in [0.717, 1.165) is 24.7 Å². The first-order chi connectivity index (χ1) is 20.7. The van der Waals surface area contributed by atoms with Crippen LogP contribution >= 0.6 is 22.7 Å². The van der Waals surface area contributed by atoms with Gasteiger partial charge in [-0.3, -0.25) is 0 Å². The predicted molar refractivity (Wildman–Crippen MR) is 189 cm³/mol. The quantitative estimate of drug-likeness (QED) is 0.0826. The first-order valence-corrected chi connectivity index (χ1v) is 19.1. The smallest absolute Gasteiger partial charge is 0.137 e. The van der Waals surface area contributed by atoms with Gasteiger partial charge in [-0.1, -0.05) is 105 Å². The summed E-state index contributed by atoms with van der Waals surface area (Å²) in [5.74, 6) is 3.42. The van der Waals surface area contributed by atoms with Crippen LogP contribution in [0, 0.1) is 11.8 Å². The standard InChI is InChI=1S/C38H56O2S2/c1-5-9-13-15-19-29(17-11-7-3)27-39-35-25-33-32-22-24-42-38(32)36(26-34(33)31-21-23-41-37(31)35)40-28-30(18-12-8-4)20-16-14-10-6-2/h21-26,29-30H,5-20,27-28H2,1-4H3. The van der Waals surface area contributed by atoms with Crippen molar-refractivity contribution in [3.05, 3.63) is 35.0 Å². The molecule has 2 atom stereocenters. The van der Waals surface area contributed by atoms with E-state index in [1.165, 1.54) is 134 Å². The molecule has 2 nitrogen and oxygen atoms in total. The molecule has 42 heavy (non-hydrogen) atoms. The average Bonchev–Trinajstić information content (AvgIpc) is 3.70. The zero-order valence-electron chi connectivity index (χ0n) is 27.0. The number of hydrogen-bond acceptors (Lipinski definition) is 4. The van der Waals surface area contributed by atoms with Crippen LogP contribution in [0.25, 0.3) is 30.9 Å². The molecule has 0 spiro atoms. The van der Waals surface area contributed by atoms with Gasteiger partial charge in [0.1, 0.15) is 11.5 Å². The Hall–Kier alpha value is -1.78. The molecule has 0 aliphatic carbocycles. The van der Waals surface area contributed by atoms with Gasteiger partial charge in [-0.15, -0.1) is 22.7 Å². The van der Waals surface area contributed by atoms with Gasteiger partial charge in [0.15, 0.2) is 0 Å². The number of fused-ring (bicyclic) bond motifs is 5. The topological polar surface area (TPSA) is 18.5 Å². The fraction of sp³-hybridized carbons (Fsp3) is 0.632. The molecular weight excluding hydrogens is 553 g/mol. The van der Waals surface area contributed by atoms with Gasteiger partial charge in [-0.25, -0.2) is 0 Å². The monoisotopic (exact) mass is 608 g/mol. The number of rotatable bonds is 22. The molecule has 0 aliphatic heterocycles. The summed E-state index contributed by atoms with van der Waals surface area (Å²) in [5.41, 5.74) is 0. The Bertz CT molecular complexity index is 1220. The maximum absolute atomic E-state index is 6.71. The highest BCUT2D eigenvalue weighted by Crippen LogP contribution is 2.44. The van der Waals surface area contributed by atoms with Crippen molar-refractivity contribution in [3.8, 4) is 11.5 Å². The minimum atomic E-state index is 0.645. The third kappa shape index (κ3) is 9.11. The summed E-state index contributed by atoms with van der Waals surface area (Å²) in [4.78, 5) is 0. The lowest BCUT2D eigenvalue weighted by Gasteiger charge is -2.20. The van der Waals surface area contributed by atoms with Crippen molar-refractivity contribution in [2.24, 2.45) is 11.8 Å².